The summed E-state index contributed by atoms with van der Waals surface area (Å²) in [5.74, 6) is 1.81. The second kappa shape index (κ2) is 14.4. The molecule has 0 aromatic heterocycles. The molecule has 6 rings (SSSR count). The molecule has 5 aliphatic carbocycles. The number of carbonyl (C=O) groups is 3. The minimum atomic E-state index is -0.717. The zero-order chi connectivity index (χ0) is 37.8. The highest BCUT2D eigenvalue weighted by molar-refractivity contribution is 6.30. The number of hydrogen-bond donors (Lipinski definition) is 0. The SMILES string of the molecule is C=N/N=C(\OCCC12CCC3C(CCC4C3(C)CCC3C(C)C(OC(=O)CC(C)(C)C=O)CCC34C)C1=C(C(C)C)C(=O)C2)c1ccc(Cl)cc1F. The summed E-state index contributed by atoms with van der Waals surface area (Å²) >= 11 is 6.00. The molecular formula is C43H58ClFN2O5. The number of nitrogens with zero attached hydrogens (tertiary/aromatic N) is 2. The molecule has 4 saturated carbocycles. The summed E-state index contributed by atoms with van der Waals surface area (Å²) in [6.07, 6.45) is 10.3. The first kappa shape index (κ1) is 38.8. The van der Waals surface area contributed by atoms with Crippen molar-refractivity contribution in [1.29, 1.82) is 0 Å². The van der Waals surface area contributed by atoms with E-state index in [0.717, 1.165) is 63.2 Å². The van der Waals surface area contributed by atoms with Crippen LogP contribution in [-0.4, -0.2) is 43.4 Å². The molecule has 9 atom stereocenters. The van der Waals surface area contributed by atoms with Gasteiger partial charge in [-0.15, -0.1) is 5.10 Å². The van der Waals surface area contributed by atoms with Crippen LogP contribution in [0.4, 0.5) is 4.39 Å². The fraction of sp³-hybridized carbons (Fsp3) is 0.698. The fourth-order valence-corrected chi connectivity index (χ4v) is 12.5. The summed E-state index contributed by atoms with van der Waals surface area (Å²) in [6, 6.07) is 4.36. The van der Waals surface area contributed by atoms with Crippen molar-refractivity contribution < 1.29 is 28.2 Å². The molecule has 284 valence electrons. The molecule has 0 radical (unpaired) electrons. The van der Waals surface area contributed by atoms with Crippen LogP contribution in [0.1, 0.15) is 125 Å². The van der Waals surface area contributed by atoms with E-state index in [1.54, 1.807) is 19.9 Å². The molecule has 0 spiro atoms. The lowest BCUT2D eigenvalue weighted by Crippen LogP contribution is -2.60. The van der Waals surface area contributed by atoms with Crippen molar-refractivity contribution in [3.05, 3.63) is 45.7 Å². The van der Waals surface area contributed by atoms with Gasteiger partial charge in [-0.3, -0.25) is 9.59 Å². The topological polar surface area (TPSA) is 94.4 Å². The number of esters is 1. The predicted octanol–water partition coefficient (Wildman–Crippen LogP) is 9.98. The van der Waals surface area contributed by atoms with Crippen LogP contribution in [0.3, 0.4) is 0 Å². The largest absolute Gasteiger partial charge is 0.476 e. The summed E-state index contributed by atoms with van der Waals surface area (Å²) in [4.78, 5) is 38.3. The van der Waals surface area contributed by atoms with Crippen LogP contribution >= 0.6 is 11.6 Å². The number of allylic oxidation sites excluding steroid dienone is 2. The van der Waals surface area contributed by atoms with Crippen molar-refractivity contribution in [1.82, 2.24) is 0 Å². The molecule has 0 bridgehead atoms. The lowest BCUT2D eigenvalue weighted by atomic mass is 9.38. The van der Waals surface area contributed by atoms with Crippen LogP contribution in [-0.2, 0) is 23.9 Å². The Balaban J connectivity index is 1.22. The number of hydrogen-bond acceptors (Lipinski definition) is 7. The molecule has 0 aliphatic heterocycles. The normalized spacial score (nSPS) is 36.0. The van der Waals surface area contributed by atoms with Crippen molar-refractivity contribution in [2.75, 3.05) is 6.61 Å². The Kier molecular flexibility index (Phi) is 10.8. The minimum Gasteiger partial charge on any atom is -0.476 e. The molecule has 0 heterocycles. The second-order valence-electron chi connectivity index (χ2n) is 18.4. The average Bonchev–Trinajstić information content (AvgIpc) is 3.38. The maximum Gasteiger partial charge on any atom is 0.307 e. The molecule has 9 heteroatoms. The number of ketones is 1. The van der Waals surface area contributed by atoms with Gasteiger partial charge < -0.3 is 14.3 Å². The molecule has 5 aliphatic rings. The Hall–Kier alpha value is -2.87. The third kappa shape index (κ3) is 6.72. The number of aldehydes is 1. The quantitative estimate of drug-likeness (QED) is 0.0784. The van der Waals surface area contributed by atoms with E-state index in [-0.39, 0.29) is 75.4 Å². The molecule has 4 fully saturated rings. The number of benzene rings is 1. The number of Topliss-reactive ketones (excluding diaryl/α,β-unsaturated/α-hetero) is 1. The van der Waals surface area contributed by atoms with Gasteiger partial charge in [0.2, 0.25) is 5.90 Å². The maximum atomic E-state index is 14.9. The number of fused-ring (bicyclic) bond motifs is 7. The van der Waals surface area contributed by atoms with Crippen LogP contribution in [0.5, 0.6) is 0 Å². The third-order valence-corrected chi connectivity index (χ3v) is 14.8. The van der Waals surface area contributed by atoms with E-state index in [9.17, 15) is 18.8 Å². The highest BCUT2D eigenvalue weighted by atomic mass is 35.5. The van der Waals surface area contributed by atoms with Gasteiger partial charge in [0, 0.05) is 29.0 Å². The van der Waals surface area contributed by atoms with Crippen molar-refractivity contribution in [2.24, 2.45) is 67.4 Å². The van der Waals surface area contributed by atoms with Gasteiger partial charge in [-0.2, -0.15) is 5.10 Å². The van der Waals surface area contributed by atoms with E-state index < -0.39 is 11.2 Å². The van der Waals surface area contributed by atoms with Crippen LogP contribution in [0.15, 0.2) is 39.5 Å². The highest BCUT2D eigenvalue weighted by Gasteiger charge is 2.65. The first-order chi connectivity index (χ1) is 24.5. The van der Waals surface area contributed by atoms with Crippen molar-refractivity contribution >= 4 is 42.3 Å². The molecule has 1 aromatic carbocycles. The van der Waals surface area contributed by atoms with Crippen LogP contribution in [0.25, 0.3) is 0 Å². The Morgan fingerprint density at radius 3 is 2.46 bits per heavy atom. The number of carbonyl (C=O) groups excluding carboxylic acids is 3. The maximum absolute atomic E-state index is 14.9. The number of halogens is 2. The lowest BCUT2D eigenvalue weighted by Gasteiger charge is -2.67. The molecule has 0 N–H and O–H groups in total. The Morgan fingerprint density at radius 1 is 1.10 bits per heavy atom. The van der Waals surface area contributed by atoms with E-state index in [2.05, 4.69) is 51.5 Å². The van der Waals surface area contributed by atoms with Crippen LogP contribution in [0, 0.1) is 63.0 Å². The number of ether oxygens (including phenoxy) is 2. The lowest BCUT2D eigenvalue weighted by molar-refractivity contribution is -0.191. The zero-order valence-electron chi connectivity index (χ0n) is 32.2. The summed E-state index contributed by atoms with van der Waals surface area (Å²) < 4.78 is 27.1. The van der Waals surface area contributed by atoms with Crippen molar-refractivity contribution in [3.63, 3.8) is 0 Å². The summed E-state index contributed by atoms with van der Waals surface area (Å²) in [7, 11) is 0. The average molecular weight is 737 g/mol. The second-order valence-corrected chi connectivity index (χ2v) is 18.8. The van der Waals surface area contributed by atoms with Gasteiger partial charge in [0.25, 0.3) is 0 Å². The van der Waals surface area contributed by atoms with Gasteiger partial charge >= 0.3 is 5.97 Å². The van der Waals surface area contributed by atoms with Gasteiger partial charge in [0.1, 0.15) is 18.2 Å². The minimum absolute atomic E-state index is 0.0646. The zero-order valence-corrected chi connectivity index (χ0v) is 33.0. The summed E-state index contributed by atoms with van der Waals surface area (Å²) in [5.41, 5.74) is 1.91. The van der Waals surface area contributed by atoms with E-state index >= 15 is 0 Å². The van der Waals surface area contributed by atoms with Crippen LogP contribution in [0.2, 0.25) is 5.02 Å². The van der Waals surface area contributed by atoms with Gasteiger partial charge in [0.05, 0.1) is 18.6 Å². The smallest absolute Gasteiger partial charge is 0.307 e. The van der Waals surface area contributed by atoms with Gasteiger partial charge in [-0.25, -0.2) is 4.39 Å². The molecule has 0 amide bonds. The highest BCUT2D eigenvalue weighted by Crippen LogP contribution is 2.72. The number of rotatable bonds is 10. The molecule has 52 heavy (non-hydrogen) atoms. The fourth-order valence-electron chi connectivity index (χ4n) is 12.4. The monoisotopic (exact) mass is 736 g/mol. The Bertz CT molecular complexity index is 1670. The van der Waals surface area contributed by atoms with E-state index in [1.165, 1.54) is 17.7 Å². The third-order valence-electron chi connectivity index (χ3n) is 14.6. The Morgan fingerprint density at radius 2 is 1.79 bits per heavy atom. The molecule has 9 unspecified atom stereocenters. The first-order valence-corrected chi connectivity index (χ1v) is 19.9. The standard InChI is InChI=1S/C43H58ClFN2O5/c1-25(2)37-33(49)22-43(19-20-51-39(47-46-8)29-10-9-27(44)21-32(29)45)18-14-31-28(38(37)43)11-12-35-41(6)17-15-34(52-36(50)23-40(4,5)24-48)26(3)30(41)13-16-42(31,35)7/h9-10,21,24-26,28,30-31,34-35H,8,11-20,22-23H2,1-7H3/b47-39-. The summed E-state index contributed by atoms with van der Waals surface area (Å²) in [6.45, 7) is 19.0. The van der Waals surface area contributed by atoms with E-state index in [0.29, 0.717) is 36.5 Å². The summed E-state index contributed by atoms with van der Waals surface area (Å²) in [5, 5.41) is 7.95. The molecule has 0 saturated heterocycles. The van der Waals surface area contributed by atoms with Gasteiger partial charge in [0.15, 0.2) is 5.78 Å². The first-order valence-electron chi connectivity index (χ1n) is 19.6. The van der Waals surface area contributed by atoms with Crippen molar-refractivity contribution in [2.45, 2.75) is 125 Å². The Labute approximate surface area is 314 Å². The van der Waals surface area contributed by atoms with Gasteiger partial charge in [-0.05, 0) is 128 Å². The molecule has 7 nitrogen and oxygen atoms in total. The molecule has 1 aromatic rings. The van der Waals surface area contributed by atoms with Gasteiger partial charge in [-0.1, -0.05) is 65.6 Å². The van der Waals surface area contributed by atoms with E-state index in [4.69, 9.17) is 21.1 Å². The molecular weight excluding hydrogens is 679 g/mol. The van der Waals surface area contributed by atoms with Crippen molar-refractivity contribution in [3.8, 4) is 0 Å². The van der Waals surface area contributed by atoms with Crippen LogP contribution < -0.4 is 0 Å². The predicted molar refractivity (Wildman–Crippen MR) is 203 cm³/mol. The van der Waals surface area contributed by atoms with E-state index in [1.807, 2.05) is 0 Å².